The minimum atomic E-state index is -0.843. The molecule has 0 spiro atoms. The number of aromatic amines is 1. The van der Waals surface area contributed by atoms with E-state index in [-0.39, 0.29) is 23.1 Å². The Morgan fingerprint density at radius 3 is 2.62 bits per heavy atom. The van der Waals surface area contributed by atoms with Crippen LogP contribution in [0, 0.1) is 0 Å². The Morgan fingerprint density at radius 1 is 1.29 bits per heavy atom. The van der Waals surface area contributed by atoms with Crippen molar-refractivity contribution in [3.05, 3.63) is 17.0 Å². The number of rotatable bonds is 3. The van der Waals surface area contributed by atoms with Crippen molar-refractivity contribution in [3.8, 4) is 0 Å². The van der Waals surface area contributed by atoms with Crippen LogP contribution in [-0.2, 0) is 14.2 Å². The molecule has 2 aliphatic heterocycles. The predicted octanol–water partition coefficient (Wildman–Crippen LogP) is -0.801. The summed E-state index contributed by atoms with van der Waals surface area (Å²) in [5, 5.41) is 6.36. The van der Waals surface area contributed by atoms with Crippen LogP contribution in [0.25, 0.3) is 0 Å². The lowest BCUT2D eigenvalue weighted by atomic mass is 10.0. The third-order valence-electron chi connectivity index (χ3n) is 3.52. The lowest BCUT2D eigenvalue weighted by Gasteiger charge is -2.21. The molecule has 3 unspecified atom stereocenters. The Labute approximate surface area is 119 Å². The van der Waals surface area contributed by atoms with Gasteiger partial charge in [0.1, 0.15) is 18.3 Å². The van der Waals surface area contributed by atoms with Gasteiger partial charge in [0.2, 0.25) is 0 Å². The first-order valence-electron chi connectivity index (χ1n) is 6.45. The maximum absolute atomic E-state index is 11.6. The number of carbonyl (C=O) groups excluding carboxylic acids is 2. The van der Waals surface area contributed by atoms with Crippen LogP contribution in [0.1, 0.15) is 46.5 Å². The van der Waals surface area contributed by atoms with Gasteiger partial charge in [-0.2, -0.15) is 5.10 Å². The summed E-state index contributed by atoms with van der Waals surface area (Å²) in [4.78, 5) is 22.9. The van der Waals surface area contributed by atoms with E-state index in [4.69, 9.17) is 25.7 Å². The summed E-state index contributed by atoms with van der Waals surface area (Å²) in [5.41, 5.74) is 10.5. The first kappa shape index (κ1) is 14.0. The molecule has 0 saturated carbocycles. The lowest BCUT2D eigenvalue weighted by molar-refractivity contribution is -0.176. The van der Waals surface area contributed by atoms with Crippen LogP contribution in [0.3, 0.4) is 0 Å². The maximum Gasteiger partial charge on any atom is 0.270 e. The number of fused-ring (bicyclic) bond motifs is 1. The number of aromatic nitrogens is 2. The average Bonchev–Trinajstić information content (AvgIpc) is 2.99. The molecular weight excluding hydrogens is 280 g/mol. The van der Waals surface area contributed by atoms with Crippen molar-refractivity contribution < 1.29 is 23.8 Å². The van der Waals surface area contributed by atoms with Gasteiger partial charge in [-0.05, 0) is 13.8 Å². The van der Waals surface area contributed by atoms with Crippen molar-refractivity contribution in [2.75, 3.05) is 6.61 Å². The quantitative estimate of drug-likeness (QED) is 0.666. The minimum absolute atomic E-state index is 0.0681. The van der Waals surface area contributed by atoms with Crippen LogP contribution < -0.4 is 11.5 Å². The zero-order valence-electron chi connectivity index (χ0n) is 11.6. The Hall–Kier alpha value is -1.97. The van der Waals surface area contributed by atoms with Gasteiger partial charge in [-0.1, -0.05) is 0 Å². The van der Waals surface area contributed by atoms with E-state index in [0.717, 1.165) is 0 Å². The van der Waals surface area contributed by atoms with E-state index in [9.17, 15) is 9.59 Å². The van der Waals surface area contributed by atoms with Gasteiger partial charge in [0.05, 0.1) is 17.9 Å². The molecule has 0 aromatic carbocycles. The molecule has 3 heterocycles. The lowest BCUT2D eigenvalue weighted by Crippen LogP contribution is -2.27. The fourth-order valence-corrected chi connectivity index (χ4v) is 2.78. The van der Waals surface area contributed by atoms with Crippen LogP contribution in [0.15, 0.2) is 0 Å². The molecule has 114 valence electrons. The maximum atomic E-state index is 11.6. The highest BCUT2D eigenvalue weighted by atomic mass is 16.8. The molecule has 2 aliphatic rings. The molecule has 0 aliphatic carbocycles. The summed E-state index contributed by atoms with van der Waals surface area (Å²) in [5.74, 6) is -2.39. The standard InChI is InChI=1S/C12H16N4O5/c1-12(2)20-4-3-19-9(8(4)21-12)6-5(10(13)17)7(11(14)18)16-15-6/h4,8-9H,3H2,1-2H3,(H2,13,17)(H2,14,18)(H,15,16). The average molecular weight is 296 g/mol. The van der Waals surface area contributed by atoms with Gasteiger partial charge in [-0.15, -0.1) is 0 Å². The molecule has 2 amide bonds. The van der Waals surface area contributed by atoms with E-state index < -0.39 is 29.8 Å². The number of amides is 2. The fraction of sp³-hybridized carbons (Fsp3) is 0.583. The molecule has 9 heteroatoms. The predicted molar refractivity (Wildman–Crippen MR) is 68.1 cm³/mol. The topological polar surface area (TPSA) is 143 Å². The SMILES string of the molecule is CC1(C)OC2COC(c3[nH]nc(C(N)=O)c3C(N)=O)C2O1. The molecule has 9 nitrogen and oxygen atoms in total. The van der Waals surface area contributed by atoms with Crippen LogP contribution >= 0.6 is 0 Å². The highest BCUT2D eigenvalue weighted by Gasteiger charge is 2.52. The number of ether oxygens (including phenoxy) is 3. The van der Waals surface area contributed by atoms with Gasteiger partial charge in [0, 0.05) is 0 Å². The molecule has 1 aromatic heterocycles. The first-order chi connectivity index (χ1) is 9.80. The Balaban J connectivity index is 1.98. The largest absolute Gasteiger partial charge is 0.366 e. The number of nitrogens with one attached hydrogen (secondary N) is 1. The van der Waals surface area contributed by atoms with Crippen molar-refractivity contribution in [2.24, 2.45) is 11.5 Å². The molecule has 0 radical (unpaired) electrons. The van der Waals surface area contributed by atoms with Crippen molar-refractivity contribution in [2.45, 2.75) is 37.9 Å². The number of carbonyl (C=O) groups is 2. The molecule has 2 saturated heterocycles. The second-order valence-electron chi connectivity index (χ2n) is 5.48. The third kappa shape index (κ3) is 2.19. The molecule has 0 bridgehead atoms. The number of nitrogens with zero attached hydrogens (tertiary/aromatic N) is 1. The van der Waals surface area contributed by atoms with Crippen LogP contribution in [0.2, 0.25) is 0 Å². The number of hydrogen-bond donors (Lipinski definition) is 3. The normalized spacial score (nSPS) is 30.3. The van der Waals surface area contributed by atoms with Gasteiger partial charge in [-0.3, -0.25) is 14.7 Å². The zero-order chi connectivity index (χ0) is 15.4. The van der Waals surface area contributed by atoms with Gasteiger partial charge in [-0.25, -0.2) is 0 Å². The van der Waals surface area contributed by atoms with E-state index in [1.165, 1.54) is 0 Å². The van der Waals surface area contributed by atoms with Gasteiger partial charge in [0.15, 0.2) is 11.5 Å². The Bertz CT molecular complexity index is 611. The highest BCUT2D eigenvalue weighted by molar-refractivity contribution is 6.05. The number of primary amides is 2. The number of nitrogens with two attached hydrogens (primary N) is 2. The molecule has 5 N–H and O–H groups in total. The van der Waals surface area contributed by atoms with E-state index in [1.54, 1.807) is 13.8 Å². The van der Waals surface area contributed by atoms with Crippen molar-refractivity contribution in [3.63, 3.8) is 0 Å². The second-order valence-corrected chi connectivity index (χ2v) is 5.48. The van der Waals surface area contributed by atoms with Crippen LogP contribution in [0.5, 0.6) is 0 Å². The molecule has 3 atom stereocenters. The van der Waals surface area contributed by atoms with E-state index in [1.807, 2.05) is 0 Å². The van der Waals surface area contributed by atoms with Crippen molar-refractivity contribution >= 4 is 11.8 Å². The van der Waals surface area contributed by atoms with Crippen molar-refractivity contribution in [1.82, 2.24) is 10.2 Å². The van der Waals surface area contributed by atoms with Crippen molar-refractivity contribution in [1.29, 1.82) is 0 Å². The van der Waals surface area contributed by atoms with Gasteiger partial charge >= 0.3 is 0 Å². The van der Waals surface area contributed by atoms with E-state index in [0.29, 0.717) is 6.61 Å². The second kappa shape index (κ2) is 4.52. The fourth-order valence-electron chi connectivity index (χ4n) is 2.78. The number of hydrogen-bond acceptors (Lipinski definition) is 6. The summed E-state index contributed by atoms with van der Waals surface area (Å²) in [7, 11) is 0. The first-order valence-corrected chi connectivity index (χ1v) is 6.45. The summed E-state index contributed by atoms with van der Waals surface area (Å²) < 4.78 is 17.1. The zero-order valence-corrected chi connectivity index (χ0v) is 11.6. The van der Waals surface area contributed by atoms with Gasteiger partial charge < -0.3 is 25.7 Å². The molecular formula is C12H16N4O5. The molecule has 3 rings (SSSR count). The molecule has 1 aromatic rings. The van der Waals surface area contributed by atoms with E-state index in [2.05, 4.69) is 10.2 Å². The summed E-state index contributed by atoms with van der Waals surface area (Å²) >= 11 is 0. The summed E-state index contributed by atoms with van der Waals surface area (Å²) in [6, 6.07) is 0. The van der Waals surface area contributed by atoms with Crippen LogP contribution in [0.4, 0.5) is 0 Å². The van der Waals surface area contributed by atoms with Crippen LogP contribution in [-0.4, -0.2) is 46.6 Å². The monoisotopic (exact) mass is 296 g/mol. The summed E-state index contributed by atoms with van der Waals surface area (Å²) in [6.45, 7) is 3.89. The summed E-state index contributed by atoms with van der Waals surface area (Å²) in [6.07, 6.45) is -1.30. The Kier molecular flexibility index (Phi) is 3.01. The molecule has 2 fully saturated rings. The third-order valence-corrected chi connectivity index (χ3v) is 3.52. The minimum Gasteiger partial charge on any atom is -0.366 e. The smallest absolute Gasteiger partial charge is 0.270 e. The van der Waals surface area contributed by atoms with Gasteiger partial charge in [0.25, 0.3) is 11.8 Å². The Morgan fingerprint density at radius 2 is 2.00 bits per heavy atom. The van der Waals surface area contributed by atoms with E-state index >= 15 is 0 Å². The highest BCUT2D eigenvalue weighted by Crippen LogP contribution is 2.42. The molecule has 21 heavy (non-hydrogen) atoms. The number of H-pyrrole nitrogens is 1.